The maximum atomic E-state index is 13.5. The SMILES string of the molecule is Cn1ncc(Cl)c1S(=O)(=O)Nc1ccc(O)cc1F. The van der Waals surface area contributed by atoms with Gasteiger partial charge >= 0.3 is 0 Å². The van der Waals surface area contributed by atoms with Gasteiger partial charge in [0.25, 0.3) is 10.0 Å². The Morgan fingerprint density at radius 2 is 2.16 bits per heavy atom. The molecule has 0 spiro atoms. The Morgan fingerprint density at radius 1 is 1.47 bits per heavy atom. The van der Waals surface area contributed by atoms with Gasteiger partial charge in [-0.3, -0.25) is 9.40 Å². The van der Waals surface area contributed by atoms with E-state index in [0.29, 0.717) is 0 Å². The summed E-state index contributed by atoms with van der Waals surface area (Å²) in [5.41, 5.74) is -0.296. The molecule has 0 radical (unpaired) electrons. The van der Waals surface area contributed by atoms with Crippen LogP contribution in [0.2, 0.25) is 5.02 Å². The van der Waals surface area contributed by atoms with E-state index in [1.807, 2.05) is 4.72 Å². The number of phenols is 1. The molecule has 9 heteroatoms. The van der Waals surface area contributed by atoms with Gasteiger partial charge in [0.15, 0.2) is 10.8 Å². The van der Waals surface area contributed by atoms with Crippen LogP contribution in [0, 0.1) is 5.82 Å². The number of aryl methyl sites for hydroxylation is 1. The van der Waals surface area contributed by atoms with Crippen molar-refractivity contribution in [2.24, 2.45) is 7.05 Å². The van der Waals surface area contributed by atoms with Gasteiger partial charge in [-0.15, -0.1) is 0 Å². The first-order valence-electron chi connectivity index (χ1n) is 5.00. The number of anilines is 1. The van der Waals surface area contributed by atoms with E-state index < -0.39 is 15.8 Å². The summed E-state index contributed by atoms with van der Waals surface area (Å²) in [6.45, 7) is 0. The lowest BCUT2D eigenvalue weighted by Crippen LogP contribution is -2.17. The number of hydrogen-bond acceptors (Lipinski definition) is 4. The summed E-state index contributed by atoms with van der Waals surface area (Å²) in [5, 5.41) is 12.4. The largest absolute Gasteiger partial charge is 0.508 e. The van der Waals surface area contributed by atoms with Gasteiger partial charge in [0.1, 0.15) is 5.75 Å². The number of benzene rings is 1. The van der Waals surface area contributed by atoms with E-state index in [2.05, 4.69) is 5.10 Å². The average Bonchev–Trinajstić information content (AvgIpc) is 2.63. The van der Waals surface area contributed by atoms with Crippen molar-refractivity contribution in [3.05, 3.63) is 35.2 Å². The standard InChI is InChI=1S/C10H9ClFN3O3S/c1-15-10(7(11)5-13-15)19(17,18)14-9-3-2-6(16)4-8(9)12/h2-5,14,16H,1H3. The Hall–Kier alpha value is -1.80. The number of aromatic nitrogens is 2. The second-order valence-electron chi connectivity index (χ2n) is 3.69. The highest BCUT2D eigenvalue weighted by molar-refractivity contribution is 7.92. The van der Waals surface area contributed by atoms with E-state index in [4.69, 9.17) is 16.7 Å². The van der Waals surface area contributed by atoms with E-state index >= 15 is 0 Å². The summed E-state index contributed by atoms with van der Waals surface area (Å²) in [6.07, 6.45) is 1.17. The Labute approximate surface area is 113 Å². The summed E-state index contributed by atoms with van der Waals surface area (Å²) in [4.78, 5) is 0. The van der Waals surface area contributed by atoms with E-state index in [1.54, 1.807) is 0 Å². The molecule has 2 N–H and O–H groups in total. The average molecular weight is 306 g/mol. The molecule has 0 unspecified atom stereocenters. The molecule has 1 aromatic heterocycles. The highest BCUT2D eigenvalue weighted by atomic mass is 35.5. The predicted octanol–water partition coefficient (Wildman–Crippen LogP) is 1.72. The predicted molar refractivity (Wildman–Crippen MR) is 67.1 cm³/mol. The van der Waals surface area contributed by atoms with E-state index in [0.717, 1.165) is 22.9 Å². The maximum Gasteiger partial charge on any atom is 0.280 e. The van der Waals surface area contributed by atoms with Crippen LogP contribution < -0.4 is 4.72 Å². The summed E-state index contributed by atoms with van der Waals surface area (Å²) >= 11 is 5.72. The van der Waals surface area contributed by atoms with Crippen molar-refractivity contribution in [1.82, 2.24) is 9.78 Å². The number of phenolic OH excluding ortho intramolecular Hbond substituents is 1. The molecular formula is C10H9ClFN3O3S. The first-order chi connectivity index (χ1) is 8.81. The normalized spacial score (nSPS) is 11.5. The molecule has 0 aliphatic carbocycles. The number of nitrogens with one attached hydrogen (secondary N) is 1. The van der Waals surface area contributed by atoms with Crippen molar-refractivity contribution < 1.29 is 17.9 Å². The minimum Gasteiger partial charge on any atom is -0.508 e. The fraction of sp³-hybridized carbons (Fsp3) is 0.100. The zero-order valence-electron chi connectivity index (χ0n) is 9.63. The summed E-state index contributed by atoms with van der Waals surface area (Å²) < 4.78 is 40.7. The van der Waals surface area contributed by atoms with Crippen molar-refractivity contribution in [1.29, 1.82) is 0 Å². The maximum absolute atomic E-state index is 13.5. The number of halogens is 2. The lowest BCUT2D eigenvalue weighted by atomic mass is 10.3. The molecule has 0 atom stereocenters. The summed E-state index contributed by atoms with van der Waals surface area (Å²) in [7, 11) is -2.67. The van der Waals surface area contributed by atoms with Gasteiger partial charge in [-0.1, -0.05) is 11.6 Å². The molecule has 102 valence electrons. The third-order valence-corrected chi connectivity index (χ3v) is 4.16. The summed E-state index contributed by atoms with van der Waals surface area (Å²) in [5.74, 6) is -1.21. The van der Waals surface area contributed by atoms with Gasteiger partial charge in [-0.25, -0.2) is 4.39 Å². The topological polar surface area (TPSA) is 84.2 Å². The fourth-order valence-corrected chi connectivity index (χ4v) is 3.21. The third-order valence-electron chi connectivity index (χ3n) is 2.29. The Kier molecular flexibility index (Phi) is 3.38. The molecule has 1 heterocycles. The Morgan fingerprint density at radius 3 is 2.68 bits per heavy atom. The molecule has 0 fully saturated rings. The summed E-state index contributed by atoms with van der Waals surface area (Å²) in [6, 6.07) is 3.06. The second kappa shape index (κ2) is 4.71. The highest BCUT2D eigenvalue weighted by Crippen LogP contribution is 2.25. The monoisotopic (exact) mass is 305 g/mol. The van der Waals surface area contributed by atoms with Crippen molar-refractivity contribution >= 4 is 27.3 Å². The van der Waals surface area contributed by atoms with E-state index in [9.17, 15) is 12.8 Å². The third kappa shape index (κ3) is 2.64. The molecule has 0 saturated heterocycles. The fourth-order valence-electron chi connectivity index (χ4n) is 1.48. The zero-order chi connectivity index (χ0) is 14.2. The van der Waals surface area contributed by atoms with Crippen LogP contribution in [0.3, 0.4) is 0 Å². The number of aromatic hydroxyl groups is 1. The first-order valence-corrected chi connectivity index (χ1v) is 6.86. The van der Waals surface area contributed by atoms with Gasteiger partial charge < -0.3 is 5.11 Å². The first kappa shape index (κ1) is 13.6. The highest BCUT2D eigenvalue weighted by Gasteiger charge is 2.23. The minimum absolute atomic E-state index is 0.0748. The smallest absolute Gasteiger partial charge is 0.280 e. The molecule has 0 aliphatic heterocycles. The molecule has 0 aliphatic rings. The van der Waals surface area contributed by atoms with Crippen molar-refractivity contribution in [2.45, 2.75) is 5.03 Å². The van der Waals surface area contributed by atoms with Gasteiger partial charge in [-0.05, 0) is 12.1 Å². The quantitative estimate of drug-likeness (QED) is 0.846. The van der Waals surface area contributed by atoms with Gasteiger partial charge in [0.2, 0.25) is 0 Å². The van der Waals surface area contributed by atoms with Gasteiger partial charge in [-0.2, -0.15) is 13.5 Å². The molecule has 2 aromatic rings. The molecule has 0 saturated carbocycles. The molecule has 0 bridgehead atoms. The molecule has 0 amide bonds. The van der Waals surface area contributed by atoms with Gasteiger partial charge in [0.05, 0.1) is 16.9 Å². The number of sulfonamides is 1. The van der Waals surface area contributed by atoms with Crippen LogP contribution in [0.15, 0.2) is 29.4 Å². The van der Waals surface area contributed by atoms with Crippen LogP contribution >= 0.6 is 11.6 Å². The van der Waals surface area contributed by atoms with Crippen molar-refractivity contribution in [3.63, 3.8) is 0 Å². The lowest BCUT2D eigenvalue weighted by molar-refractivity contribution is 0.469. The van der Waals surface area contributed by atoms with Crippen LogP contribution in [-0.2, 0) is 17.1 Å². The van der Waals surface area contributed by atoms with Crippen LogP contribution in [0.5, 0.6) is 5.75 Å². The van der Waals surface area contributed by atoms with Crippen LogP contribution in [0.4, 0.5) is 10.1 Å². The van der Waals surface area contributed by atoms with Crippen LogP contribution in [0.25, 0.3) is 0 Å². The molecule has 19 heavy (non-hydrogen) atoms. The van der Waals surface area contributed by atoms with Crippen LogP contribution in [0.1, 0.15) is 0 Å². The van der Waals surface area contributed by atoms with Crippen molar-refractivity contribution in [3.8, 4) is 5.75 Å². The Bertz CT molecular complexity index is 710. The molecule has 6 nitrogen and oxygen atoms in total. The molecular weight excluding hydrogens is 297 g/mol. The van der Waals surface area contributed by atoms with E-state index in [-0.39, 0.29) is 21.5 Å². The molecule has 2 rings (SSSR count). The zero-order valence-corrected chi connectivity index (χ0v) is 11.2. The lowest BCUT2D eigenvalue weighted by Gasteiger charge is -2.09. The second-order valence-corrected chi connectivity index (χ2v) is 5.70. The van der Waals surface area contributed by atoms with Crippen molar-refractivity contribution in [2.75, 3.05) is 4.72 Å². The molecule has 1 aromatic carbocycles. The number of rotatable bonds is 3. The number of nitrogens with zero attached hydrogens (tertiary/aromatic N) is 2. The Balaban J connectivity index is 2.42. The number of hydrogen-bond donors (Lipinski definition) is 2. The minimum atomic E-state index is -4.07. The van der Waals surface area contributed by atoms with Crippen LogP contribution in [-0.4, -0.2) is 23.3 Å². The van der Waals surface area contributed by atoms with E-state index in [1.165, 1.54) is 13.2 Å². The van der Waals surface area contributed by atoms with Gasteiger partial charge in [0, 0.05) is 13.1 Å².